The fraction of sp³-hybridized carbons (Fsp3) is 0.417. The molecule has 0 unspecified atom stereocenters. The van der Waals surface area contributed by atoms with Gasteiger partial charge in [0.05, 0.1) is 22.0 Å². The summed E-state index contributed by atoms with van der Waals surface area (Å²) in [6, 6.07) is 9.08. The smallest absolute Gasteiger partial charge is 0.244 e. The van der Waals surface area contributed by atoms with Crippen LogP contribution in [0.3, 0.4) is 0 Å². The monoisotopic (exact) mass is 545 g/mol. The second-order valence-electron chi connectivity index (χ2n) is 9.15. The number of hydrogen-bond donors (Lipinski definition) is 1. The third kappa shape index (κ3) is 8.08. The Balaban J connectivity index is 2.49. The number of carbonyl (C=O) groups excluding carboxylic acids is 2. The lowest BCUT2D eigenvalue weighted by molar-refractivity contribution is -0.141. The van der Waals surface area contributed by atoms with Crippen molar-refractivity contribution in [2.75, 3.05) is 17.1 Å². The summed E-state index contributed by atoms with van der Waals surface area (Å²) in [6.07, 6.45) is 1.22. The maximum Gasteiger partial charge on any atom is 0.244 e. The lowest BCUT2D eigenvalue weighted by Gasteiger charge is -2.34. The van der Waals surface area contributed by atoms with Crippen molar-refractivity contribution in [2.24, 2.45) is 0 Å². The van der Waals surface area contributed by atoms with Crippen LogP contribution >= 0.6 is 23.2 Å². The van der Waals surface area contributed by atoms with Gasteiger partial charge < -0.3 is 10.2 Å². The van der Waals surface area contributed by atoms with Gasteiger partial charge in [-0.1, -0.05) is 48.3 Å². The van der Waals surface area contributed by atoms with E-state index >= 15 is 0 Å². The Kier molecular flexibility index (Phi) is 9.56. The van der Waals surface area contributed by atoms with E-state index in [1.165, 1.54) is 47.4 Å². The number of rotatable bonds is 9. The van der Waals surface area contributed by atoms with Crippen molar-refractivity contribution in [3.63, 3.8) is 0 Å². The van der Waals surface area contributed by atoms with Gasteiger partial charge in [-0.2, -0.15) is 0 Å². The van der Waals surface area contributed by atoms with Crippen molar-refractivity contribution < 1.29 is 22.4 Å². The van der Waals surface area contributed by atoms with Gasteiger partial charge in [-0.05, 0) is 57.0 Å². The molecule has 0 aliphatic carbocycles. The summed E-state index contributed by atoms with van der Waals surface area (Å²) < 4.78 is 39.6. The van der Waals surface area contributed by atoms with Gasteiger partial charge >= 0.3 is 0 Å². The van der Waals surface area contributed by atoms with Crippen molar-refractivity contribution in [3.05, 3.63) is 63.9 Å². The lowest BCUT2D eigenvalue weighted by Crippen LogP contribution is -2.55. The number of anilines is 1. The van der Waals surface area contributed by atoms with E-state index in [9.17, 15) is 22.4 Å². The van der Waals surface area contributed by atoms with Crippen LogP contribution in [0.5, 0.6) is 0 Å². The highest BCUT2D eigenvalue weighted by molar-refractivity contribution is 7.92. The highest BCUT2D eigenvalue weighted by Gasteiger charge is 2.33. The molecule has 2 aromatic carbocycles. The normalized spacial score (nSPS) is 12.7. The molecule has 0 fully saturated rings. The average Bonchev–Trinajstić information content (AvgIpc) is 2.73. The maximum absolute atomic E-state index is 13.6. The maximum atomic E-state index is 13.6. The highest BCUT2D eigenvalue weighted by Crippen LogP contribution is 2.33. The third-order valence-corrected chi connectivity index (χ3v) is 6.96. The topological polar surface area (TPSA) is 86.8 Å². The van der Waals surface area contributed by atoms with Gasteiger partial charge in [0.15, 0.2) is 0 Å². The molecule has 1 N–H and O–H groups in total. The summed E-state index contributed by atoms with van der Waals surface area (Å²) in [5.74, 6) is -1.46. The minimum absolute atomic E-state index is 0.0185. The second kappa shape index (κ2) is 11.6. The Bertz CT molecular complexity index is 1170. The molecule has 2 rings (SSSR count). The van der Waals surface area contributed by atoms with Crippen molar-refractivity contribution in [1.82, 2.24) is 10.2 Å². The molecule has 1 atom stereocenters. The Morgan fingerprint density at radius 2 is 1.69 bits per heavy atom. The second-order valence-corrected chi connectivity index (χ2v) is 11.8. The summed E-state index contributed by atoms with van der Waals surface area (Å²) in [4.78, 5) is 28.0. The van der Waals surface area contributed by atoms with Crippen molar-refractivity contribution >= 4 is 50.7 Å². The van der Waals surface area contributed by atoms with Crippen LogP contribution in [0.4, 0.5) is 10.1 Å². The molecule has 0 aromatic heterocycles. The summed E-state index contributed by atoms with van der Waals surface area (Å²) in [7, 11) is -3.95. The number of hydrogen-bond acceptors (Lipinski definition) is 4. The number of amides is 2. The van der Waals surface area contributed by atoms with Crippen LogP contribution in [0.1, 0.15) is 39.7 Å². The number of nitrogens with zero attached hydrogens (tertiary/aromatic N) is 2. The minimum atomic E-state index is -3.95. The summed E-state index contributed by atoms with van der Waals surface area (Å²) in [6.45, 7) is 6.55. The zero-order chi connectivity index (χ0) is 26.6. The molecule has 0 heterocycles. The first-order chi connectivity index (χ1) is 16.1. The van der Waals surface area contributed by atoms with Crippen LogP contribution in [0.25, 0.3) is 0 Å². The number of nitrogens with one attached hydrogen (secondary N) is 1. The number of sulfonamides is 1. The molecule has 11 heteroatoms. The fourth-order valence-electron chi connectivity index (χ4n) is 3.44. The molecule has 0 aliphatic rings. The molecule has 0 spiro atoms. The van der Waals surface area contributed by atoms with Crippen molar-refractivity contribution in [3.8, 4) is 0 Å². The third-order valence-electron chi connectivity index (χ3n) is 5.03. The molecule has 0 aliphatic heterocycles. The largest absolute Gasteiger partial charge is 0.350 e. The van der Waals surface area contributed by atoms with Gasteiger partial charge in [-0.3, -0.25) is 13.9 Å². The van der Waals surface area contributed by atoms with Crippen LogP contribution in [0.2, 0.25) is 10.0 Å². The number of carbonyl (C=O) groups is 2. The van der Waals surface area contributed by atoms with E-state index in [0.717, 1.165) is 10.6 Å². The summed E-state index contributed by atoms with van der Waals surface area (Å²) in [5, 5.41) is 2.98. The van der Waals surface area contributed by atoms with E-state index in [0.29, 0.717) is 5.56 Å². The number of halogens is 3. The van der Waals surface area contributed by atoms with E-state index in [2.05, 4.69) is 5.32 Å². The predicted octanol–water partition coefficient (Wildman–Crippen LogP) is 4.62. The fourth-order valence-corrected chi connectivity index (χ4v) is 4.74. The Hall–Kier alpha value is -2.36. The first kappa shape index (κ1) is 28.9. The van der Waals surface area contributed by atoms with Gasteiger partial charge in [0, 0.05) is 12.1 Å². The lowest BCUT2D eigenvalue weighted by atomic mass is 10.1. The van der Waals surface area contributed by atoms with E-state index in [1.54, 1.807) is 6.92 Å². The Labute approximate surface area is 216 Å². The Morgan fingerprint density at radius 1 is 1.09 bits per heavy atom. The van der Waals surface area contributed by atoms with Gasteiger partial charge in [0.2, 0.25) is 21.8 Å². The van der Waals surface area contributed by atoms with E-state index in [4.69, 9.17) is 23.2 Å². The zero-order valence-electron chi connectivity index (χ0n) is 20.3. The standard InChI is InChI=1S/C24H30Cl2FN3O4S/c1-6-19(23(32)28-24(2,3)4)29(14-16-10-12-17(27)13-11-16)21(31)15-30(35(5,33)34)20-9-7-8-18(25)22(20)26/h7-13,19H,6,14-15H2,1-5H3,(H,28,32)/t19-/m0/s1. The molecule has 0 saturated heterocycles. The minimum Gasteiger partial charge on any atom is -0.350 e. The SMILES string of the molecule is CC[C@@H](C(=O)NC(C)(C)C)N(Cc1ccc(F)cc1)C(=O)CN(c1cccc(Cl)c1Cl)S(C)(=O)=O. The van der Waals surface area contributed by atoms with Crippen LogP contribution < -0.4 is 9.62 Å². The van der Waals surface area contributed by atoms with Crippen molar-refractivity contribution in [1.29, 1.82) is 0 Å². The van der Waals surface area contributed by atoms with Crippen LogP contribution in [-0.2, 0) is 26.2 Å². The van der Waals surface area contributed by atoms with Crippen LogP contribution in [-0.4, -0.2) is 49.5 Å². The quantitative estimate of drug-likeness (QED) is 0.498. The first-order valence-corrected chi connectivity index (χ1v) is 13.5. The van der Waals surface area contributed by atoms with Gasteiger partial charge in [0.1, 0.15) is 18.4 Å². The van der Waals surface area contributed by atoms with E-state index in [1.807, 2.05) is 20.8 Å². The van der Waals surface area contributed by atoms with Gasteiger partial charge in [-0.15, -0.1) is 0 Å². The first-order valence-electron chi connectivity index (χ1n) is 10.9. The molecule has 2 aromatic rings. The van der Waals surface area contributed by atoms with Crippen molar-refractivity contribution in [2.45, 2.75) is 52.2 Å². The molecule has 0 saturated carbocycles. The molecule has 0 bridgehead atoms. The van der Waals surface area contributed by atoms with Crippen LogP contribution in [0.15, 0.2) is 42.5 Å². The average molecular weight is 546 g/mol. The molecule has 35 heavy (non-hydrogen) atoms. The van der Waals surface area contributed by atoms with Crippen LogP contribution in [0, 0.1) is 5.82 Å². The summed E-state index contributed by atoms with van der Waals surface area (Å²) in [5.41, 5.74) is 0.0692. The van der Waals surface area contributed by atoms with E-state index in [-0.39, 0.29) is 34.6 Å². The van der Waals surface area contributed by atoms with Gasteiger partial charge in [0.25, 0.3) is 0 Å². The molecule has 2 amide bonds. The Morgan fingerprint density at radius 3 is 2.20 bits per heavy atom. The molecule has 0 radical (unpaired) electrons. The molecular formula is C24H30Cl2FN3O4S. The number of benzene rings is 2. The molecular weight excluding hydrogens is 516 g/mol. The molecule has 192 valence electrons. The van der Waals surface area contributed by atoms with Gasteiger partial charge in [-0.25, -0.2) is 12.8 Å². The van der Waals surface area contributed by atoms with E-state index < -0.39 is 39.9 Å². The summed E-state index contributed by atoms with van der Waals surface area (Å²) >= 11 is 12.3. The highest BCUT2D eigenvalue weighted by atomic mass is 35.5. The molecule has 7 nitrogen and oxygen atoms in total. The zero-order valence-corrected chi connectivity index (χ0v) is 22.6. The predicted molar refractivity (Wildman–Crippen MR) is 138 cm³/mol.